The molecule has 0 fully saturated rings. The number of ether oxygens (including phenoxy) is 1. The van der Waals surface area contributed by atoms with Gasteiger partial charge in [-0.05, 0) is 54.4 Å². The van der Waals surface area contributed by atoms with E-state index in [0.29, 0.717) is 24.2 Å². The van der Waals surface area contributed by atoms with Crippen LogP contribution in [0.15, 0.2) is 42.5 Å². The summed E-state index contributed by atoms with van der Waals surface area (Å²) in [5.41, 5.74) is 2.82. The van der Waals surface area contributed by atoms with Crippen molar-refractivity contribution in [1.29, 1.82) is 0 Å². The Morgan fingerprint density at radius 2 is 1.84 bits per heavy atom. The van der Waals surface area contributed by atoms with Gasteiger partial charge in [-0.1, -0.05) is 0 Å². The van der Waals surface area contributed by atoms with E-state index in [1.54, 1.807) is 49.4 Å². The molecule has 0 aliphatic carbocycles. The van der Waals surface area contributed by atoms with Gasteiger partial charge in [0.2, 0.25) is 10.0 Å². The molecule has 3 rings (SSSR count). The van der Waals surface area contributed by atoms with Crippen LogP contribution in [0.25, 0.3) is 0 Å². The van der Waals surface area contributed by atoms with Crippen LogP contribution in [0.2, 0.25) is 0 Å². The number of methoxy groups -OCH3 is 1. The van der Waals surface area contributed by atoms with Crippen LogP contribution in [0.4, 0.5) is 11.4 Å². The fourth-order valence-electron chi connectivity index (χ4n) is 2.97. The summed E-state index contributed by atoms with van der Waals surface area (Å²) in [6, 6.07) is 12.4. The van der Waals surface area contributed by atoms with E-state index in [9.17, 15) is 13.2 Å². The van der Waals surface area contributed by atoms with Crippen molar-refractivity contribution in [3.8, 4) is 5.75 Å². The molecule has 0 unspecified atom stereocenters. The SMILES string of the molecule is COc1ccc(N(C)C(=O)c2ccc3c(c2)CCN3S(C)(=O)=O)cc1. The number of anilines is 2. The summed E-state index contributed by atoms with van der Waals surface area (Å²) in [5.74, 6) is 0.578. The standard InChI is InChI=1S/C18H20N2O4S/c1-19(15-5-7-16(24-2)8-6-15)18(21)14-4-9-17-13(12-14)10-11-20(17)25(3,22)23/h4-9,12H,10-11H2,1-3H3. The molecule has 1 amide bonds. The highest BCUT2D eigenvalue weighted by Crippen LogP contribution is 2.31. The zero-order valence-corrected chi connectivity index (χ0v) is 15.2. The Morgan fingerprint density at radius 1 is 1.16 bits per heavy atom. The first-order valence-corrected chi connectivity index (χ1v) is 9.69. The number of fused-ring (bicyclic) bond motifs is 1. The maximum Gasteiger partial charge on any atom is 0.258 e. The van der Waals surface area contributed by atoms with Gasteiger partial charge in [0.1, 0.15) is 5.75 Å². The van der Waals surface area contributed by atoms with E-state index in [1.807, 2.05) is 12.1 Å². The smallest absolute Gasteiger partial charge is 0.258 e. The number of nitrogens with zero attached hydrogens (tertiary/aromatic N) is 2. The molecular formula is C18H20N2O4S. The van der Waals surface area contributed by atoms with Gasteiger partial charge >= 0.3 is 0 Å². The molecule has 25 heavy (non-hydrogen) atoms. The fraction of sp³-hybridized carbons (Fsp3) is 0.278. The highest BCUT2D eigenvalue weighted by atomic mass is 32.2. The van der Waals surface area contributed by atoms with E-state index < -0.39 is 10.0 Å². The zero-order valence-electron chi connectivity index (χ0n) is 14.4. The molecule has 1 aliphatic heterocycles. The molecule has 0 aromatic heterocycles. The Hall–Kier alpha value is -2.54. The second kappa shape index (κ2) is 6.40. The molecule has 1 heterocycles. The van der Waals surface area contributed by atoms with Crippen molar-refractivity contribution in [2.45, 2.75) is 6.42 Å². The lowest BCUT2D eigenvalue weighted by atomic mass is 10.1. The van der Waals surface area contributed by atoms with Crippen LogP contribution in [-0.2, 0) is 16.4 Å². The molecule has 0 radical (unpaired) electrons. The van der Waals surface area contributed by atoms with Gasteiger partial charge in [0.15, 0.2) is 0 Å². The average molecular weight is 360 g/mol. The van der Waals surface area contributed by atoms with E-state index in [0.717, 1.165) is 17.0 Å². The van der Waals surface area contributed by atoms with E-state index >= 15 is 0 Å². The fourth-order valence-corrected chi connectivity index (χ4v) is 3.92. The Bertz CT molecular complexity index is 907. The highest BCUT2D eigenvalue weighted by molar-refractivity contribution is 7.92. The highest BCUT2D eigenvalue weighted by Gasteiger charge is 2.27. The van der Waals surface area contributed by atoms with Gasteiger partial charge in [-0.25, -0.2) is 8.42 Å². The number of sulfonamides is 1. The molecule has 132 valence electrons. The normalized spacial score (nSPS) is 13.5. The average Bonchev–Trinajstić information content (AvgIpc) is 3.04. The lowest BCUT2D eigenvalue weighted by Crippen LogP contribution is -2.28. The van der Waals surface area contributed by atoms with Crippen molar-refractivity contribution in [2.75, 3.05) is 36.2 Å². The van der Waals surface area contributed by atoms with Gasteiger partial charge in [0.25, 0.3) is 5.91 Å². The molecule has 0 bridgehead atoms. The number of carbonyl (C=O) groups is 1. The number of carbonyl (C=O) groups excluding carboxylic acids is 1. The van der Waals surface area contributed by atoms with Crippen molar-refractivity contribution < 1.29 is 17.9 Å². The molecular weight excluding hydrogens is 340 g/mol. The largest absolute Gasteiger partial charge is 0.497 e. The van der Waals surface area contributed by atoms with E-state index in [2.05, 4.69) is 0 Å². The molecule has 0 N–H and O–H groups in total. The summed E-state index contributed by atoms with van der Waals surface area (Å²) < 4.78 is 30.1. The molecule has 6 nitrogen and oxygen atoms in total. The van der Waals surface area contributed by atoms with Gasteiger partial charge < -0.3 is 9.64 Å². The maximum absolute atomic E-state index is 12.7. The predicted molar refractivity (Wildman–Crippen MR) is 98.1 cm³/mol. The predicted octanol–water partition coefficient (Wildman–Crippen LogP) is 2.29. The van der Waals surface area contributed by atoms with Crippen LogP contribution in [0.3, 0.4) is 0 Å². The van der Waals surface area contributed by atoms with Crippen LogP contribution >= 0.6 is 0 Å². The molecule has 1 aliphatic rings. The molecule has 0 saturated heterocycles. The lowest BCUT2D eigenvalue weighted by molar-refractivity contribution is 0.0993. The van der Waals surface area contributed by atoms with Crippen molar-refractivity contribution in [3.63, 3.8) is 0 Å². The molecule has 7 heteroatoms. The third kappa shape index (κ3) is 3.32. The van der Waals surface area contributed by atoms with Crippen molar-refractivity contribution in [1.82, 2.24) is 0 Å². The summed E-state index contributed by atoms with van der Waals surface area (Å²) in [5, 5.41) is 0. The van der Waals surface area contributed by atoms with Gasteiger partial charge in [0, 0.05) is 24.8 Å². The lowest BCUT2D eigenvalue weighted by Gasteiger charge is -2.19. The second-order valence-corrected chi connectivity index (χ2v) is 7.90. The summed E-state index contributed by atoms with van der Waals surface area (Å²) in [6.45, 7) is 0.417. The summed E-state index contributed by atoms with van der Waals surface area (Å²) >= 11 is 0. The van der Waals surface area contributed by atoms with Gasteiger partial charge in [0.05, 0.1) is 19.1 Å². The molecule has 2 aromatic carbocycles. The van der Waals surface area contributed by atoms with E-state index in [4.69, 9.17) is 4.74 Å². The first-order chi connectivity index (χ1) is 11.8. The van der Waals surface area contributed by atoms with Crippen molar-refractivity contribution >= 4 is 27.3 Å². The number of hydrogen-bond acceptors (Lipinski definition) is 4. The first kappa shape index (κ1) is 17.3. The zero-order chi connectivity index (χ0) is 18.2. The van der Waals surface area contributed by atoms with Gasteiger partial charge in [-0.2, -0.15) is 0 Å². The van der Waals surface area contributed by atoms with Crippen LogP contribution < -0.4 is 13.9 Å². The maximum atomic E-state index is 12.7. The Kier molecular flexibility index (Phi) is 4.43. The van der Waals surface area contributed by atoms with Crippen LogP contribution in [0.5, 0.6) is 5.75 Å². The van der Waals surface area contributed by atoms with Crippen LogP contribution in [0, 0.1) is 0 Å². The van der Waals surface area contributed by atoms with Crippen molar-refractivity contribution in [2.24, 2.45) is 0 Å². The van der Waals surface area contributed by atoms with Crippen LogP contribution in [0.1, 0.15) is 15.9 Å². The second-order valence-electron chi connectivity index (χ2n) is 5.99. The third-order valence-corrected chi connectivity index (χ3v) is 5.52. The van der Waals surface area contributed by atoms with E-state index in [-0.39, 0.29) is 5.91 Å². The number of hydrogen-bond donors (Lipinski definition) is 0. The quantitative estimate of drug-likeness (QED) is 0.839. The molecule has 0 atom stereocenters. The molecule has 0 spiro atoms. The first-order valence-electron chi connectivity index (χ1n) is 7.84. The minimum atomic E-state index is -3.29. The monoisotopic (exact) mass is 360 g/mol. The Labute approximate surface area is 147 Å². The minimum absolute atomic E-state index is 0.147. The third-order valence-electron chi connectivity index (χ3n) is 4.34. The van der Waals surface area contributed by atoms with Gasteiger partial charge in [-0.3, -0.25) is 9.10 Å². The topological polar surface area (TPSA) is 66.9 Å². The Balaban J connectivity index is 1.86. The number of rotatable bonds is 4. The minimum Gasteiger partial charge on any atom is -0.497 e. The molecule has 0 saturated carbocycles. The van der Waals surface area contributed by atoms with Crippen LogP contribution in [-0.4, -0.2) is 41.3 Å². The van der Waals surface area contributed by atoms with E-state index in [1.165, 1.54) is 10.6 Å². The summed E-state index contributed by atoms with van der Waals surface area (Å²) in [7, 11) is 0.0111. The number of amides is 1. The Morgan fingerprint density at radius 3 is 2.44 bits per heavy atom. The summed E-state index contributed by atoms with van der Waals surface area (Å²) in [6.07, 6.45) is 1.80. The summed E-state index contributed by atoms with van der Waals surface area (Å²) in [4.78, 5) is 14.3. The number of benzene rings is 2. The molecule has 2 aromatic rings. The van der Waals surface area contributed by atoms with Crippen molar-refractivity contribution in [3.05, 3.63) is 53.6 Å². The van der Waals surface area contributed by atoms with Gasteiger partial charge in [-0.15, -0.1) is 0 Å².